The Kier molecular flexibility index (Phi) is 10.1. The van der Waals surface area contributed by atoms with E-state index in [4.69, 9.17) is 9.47 Å². The van der Waals surface area contributed by atoms with E-state index in [1.807, 2.05) is 13.8 Å². The Morgan fingerprint density at radius 2 is 2.00 bits per heavy atom. The van der Waals surface area contributed by atoms with Gasteiger partial charge in [0, 0.05) is 13.7 Å². The van der Waals surface area contributed by atoms with Crippen LogP contribution in [0.5, 0.6) is 0 Å². The SMILES string of the molecule is COCCCC1CCNC(C(=O)NC(C(C)C)C2OC(SC)C(O)C(O)C2O)C1. The van der Waals surface area contributed by atoms with Gasteiger partial charge in [0.2, 0.25) is 5.91 Å². The van der Waals surface area contributed by atoms with Crippen molar-refractivity contribution in [3.63, 3.8) is 0 Å². The fourth-order valence-electron chi connectivity index (χ4n) is 4.23. The van der Waals surface area contributed by atoms with E-state index in [0.29, 0.717) is 5.92 Å². The molecule has 0 radical (unpaired) electrons. The lowest BCUT2D eigenvalue weighted by atomic mass is 9.86. The Morgan fingerprint density at radius 3 is 2.62 bits per heavy atom. The van der Waals surface area contributed by atoms with Gasteiger partial charge in [-0.2, -0.15) is 0 Å². The van der Waals surface area contributed by atoms with E-state index in [9.17, 15) is 20.1 Å². The third-order valence-corrected chi connectivity index (χ3v) is 6.86. The molecule has 1 amide bonds. The van der Waals surface area contributed by atoms with E-state index in [1.54, 1.807) is 13.4 Å². The molecule has 2 aliphatic heterocycles. The van der Waals surface area contributed by atoms with Gasteiger partial charge in [-0.15, -0.1) is 11.8 Å². The van der Waals surface area contributed by atoms with Crippen molar-refractivity contribution in [3.8, 4) is 0 Å². The summed E-state index contributed by atoms with van der Waals surface area (Å²) in [7, 11) is 1.70. The maximum absolute atomic E-state index is 13.0. The second-order valence-corrected chi connectivity index (χ2v) is 9.42. The molecule has 5 N–H and O–H groups in total. The highest BCUT2D eigenvalue weighted by atomic mass is 32.2. The van der Waals surface area contributed by atoms with Gasteiger partial charge in [0.05, 0.1) is 12.1 Å². The summed E-state index contributed by atoms with van der Waals surface area (Å²) >= 11 is 1.27. The van der Waals surface area contributed by atoms with Gasteiger partial charge in [-0.05, 0) is 50.3 Å². The van der Waals surface area contributed by atoms with Crippen LogP contribution in [0.25, 0.3) is 0 Å². The number of carbonyl (C=O) groups is 1. The first kappa shape index (κ1) is 24.8. The highest BCUT2D eigenvalue weighted by Crippen LogP contribution is 2.30. The number of nitrogens with one attached hydrogen (secondary N) is 2. The maximum Gasteiger partial charge on any atom is 0.237 e. The number of hydrogen-bond acceptors (Lipinski definition) is 8. The van der Waals surface area contributed by atoms with Gasteiger partial charge in [0.15, 0.2) is 0 Å². The molecule has 8 nitrogen and oxygen atoms in total. The number of carbonyl (C=O) groups excluding carboxylic acids is 1. The van der Waals surface area contributed by atoms with Crippen LogP contribution in [0.3, 0.4) is 0 Å². The zero-order valence-corrected chi connectivity index (χ0v) is 18.7. The molecule has 2 rings (SSSR count). The molecule has 2 saturated heterocycles. The zero-order chi connectivity index (χ0) is 21.6. The van der Waals surface area contributed by atoms with Gasteiger partial charge >= 0.3 is 0 Å². The summed E-state index contributed by atoms with van der Waals surface area (Å²) in [6.45, 7) is 5.41. The van der Waals surface area contributed by atoms with Crippen LogP contribution in [0.4, 0.5) is 0 Å². The van der Waals surface area contributed by atoms with Crippen molar-refractivity contribution in [2.75, 3.05) is 26.5 Å². The second kappa shape index (κ2) is 11.8. The van der Waals surface area contributed by atoms with E-state index in [0.717, 1.165) is 38.8 Å². The normalized spacial score (nSPS) is 36.8. The fraction of sp³-hybridized carbons (Fsp3) is 0.950. The van der Waals surface area contributed by atoms with Crippen molar-refractivity contribution >= 4 is 17.7 Å². The van der Waals surface area contributed by atoms with E-state index in [2.05, 4.69) is 10.6 Å². The van der Waals surface area contributed by atoms with Gasteiger partial charge in [-0.25, -0.2) is 0 Å². The van der Waals surface area contributed by atoms with Gasteiger partial charge in [-0.3, -0.25) is 4.79 Å². The third-order valence-electron chi connectivity index (χ3n) is 6.01. The zero-order valence-electron chi connectivity index (χ0n) is 17.9. The van der Waals surface area contributed by atoms with Crippen molar-refractivity contribution in [3.05, 3.63) is 0 Å². The standard InChI is InChI=1S/C20H38N2O6S/c1-11(2)14(18-16(24)15(23)17(25)20(28-18)29-4)22-19(26)13-10-12(7-8-21-13)6-5-9-27-3/h11-18,20-21,23-25H,5-10H2,1-4H3,(H,22,26). The summed E-state index contributed by atoms with van der Waals surface area (Å²) in [5.41, 5.74) is -0.658. The second-order valence-electron chi connectivity index (χ2n) is 8.49. The molecule has 9 heteroatoms. The number of piperidine rings is 1. The lowest BCUT2D eigenvalue weighted by Gasteiger charge is -2.44. The van der Waals surface area contributed by atoms with E-state index >= 15 is 0 Å². The number of amides is 1. The summed E-state index contributed by atoms with van der Waals surface area (Å²) in [6.07, 6.45) is 1.05. The summed E-state index contributed by atoms with van der Waals surface area (Å²) in [4.78, 5) is 13.0. The largest absolute Gasteiger partial charge is 0.388 e. The number of hydrogen-bond donors (Lipinski definition) is 5. The van der Waals surface area contributed by atoms with Gasteiger partial charge in [0.25, 0.3) is 0 Å². The highest BCUT2D eigenvalue weighted by molar-refractivity contribution is 7.99. The molecule has 0 spiro atoms. The quantitative estimate of drug-likeness (QED) is 0.324. The monoisotopic (exact) mass is 434 g/mol. The Morgan fingerprint density at radius 1 is 1.28 bits per heavy atom. The topological polar surface area (TPSA) is 120 Å². The molecule has 2 aliphatic rings. The highest BCUT2D eigenvalue weighted by Gasteiger charge is 2.47. The van der Waals surface area contributed by atoms with E-state index in [-0.39, 0.29) is 17.9 Å². The molecule has 8 atom stereocenters. The average Bonchev–Trinajstić information content (AvgIpc) is 2.71. The predicted molar refractivity (Wildman–Crippen MR) is 113 cm³/mol. The van der Waals surface area contributed by atoms with Crippen LogP contribution >= 0.6 is 11.8 Å². The molecule has 2 fully saturated rings. The van der Waals surface area contributed by atoms with E-state index in [1.165, 1.54) is 11.8 Å². The summed E-state index contributed by atoms with van der Waals surface area (Å²) in [6, 6.07) is -0.768. The minimum absolute atomic E-state index is 0.0235. The molecular weight excluding hydrogens is 396 g/mol. The Hall–Kier alpha value is -0.420. The molecule has 29 heavy (non-hydrogen) atoms. The Bertz CT molecular complexity index is 509. The van der Waals surface area contributed by atoms with Crippen molar-refractivity contribution < 1.29 is 29.6 Å². The number of rotatable bonds is 9. The summed E-state index contributed by atoms with van der Waals surface area (Å²) < 4.78 is 11.0. The predicted octanol–water partition coefficient (Wildman–Crippen LogP) is 0.0926. The molecule has 0 saturated carbocycles. The smallest absolute Gasteiger partial charge is 0.237 e. The number of ether oxygens (including phenoxy) is 2. The van der Waals surface area contributed by atoms with Crippen LogP contribution in [0.1, 0.15) is 39.5 Å². The molecule has 0 aromatic heterocycles. The van der Waals surface area contributed by atoms with Crippen molar-refractivity contribution in [1.82, 2.24) is 10.6 Å². The fourth-order valence-corrected chi connectivity index (χ4v) is 4.91. The van der Waals surface area contributed by atoms with Crippen LogP contribution in [0, 0.1) is 11.8 Å². The van der Waals surface area contributed by atoms with E-state index < -0.39 is 35.9 Å². The van der Waals surface area contributed by atoms with Gasteiger partial charge < -0.3 is 35.4 Å². The Balaban J connectivity index is 2.01. The molecular formula is C20H38N2O6S. The van der Waals surface area contributed by atoms with Crippen LogP contribution in [-0.2, 0) is 14.3 Å². The molecule has 0 aromatic rings. The van der Waals surface area contributed by atoms with Gasteiger partial charge in [0.1, 0.15) is 29.9 Å². The van der Waals surface area contributed by atoms with Crippen molar-refractivity contribution in [1.29, 1.82) is 0 Å². The lowest BCUT2D eigenvalue weighted by molar-refractivity contribution is -0.208. The van der Waals surface area contributed by atoms with Crippen LogP contribution in [0.2, 0.25) is 0 Å². The van der Waals surface area contributed by atoms with Crippen LogP contribution < -0.4 is 10.6 Å². The molecule has 170 valence electrons. The number of aliphatic hydroxyl groups excluding tert-OH is 3. The summed E-state index contributed by atoms with van der Waals surface area (Å²) in [5.74, 6) is 0.343. The minimum Gasteiger partial charge on any atom is -0.388 e. The average molecular weight is 435 g/mol. The molecule has 0 aromatic carbocycles. The van der Waals surface area contributed by atoms with Crippen molar-refractivity contribution in [2.24, 2.45) is 11.8 Å². The molecule has 8 unspecified atom stereocenters. The van der Waals surface area contributed by atoms with Crippen LogP contribution in [0.15, 0.2) is 0 Å². The Labute approximate surface area is 178 Å². The first-order valence-corrected chi connectivity index (χ1v) is 11.8. The molecule has 0 bridgehead atoms. The van der Waals surface area contributed by atoms with Crippen LogP contribution in [-0.4, -0.2) is 89.7 Å². The molecule has 0 aliphatic carbocycles. The molecule has 2 heterocycles. The number of aliphatic hydroxyl groups is 3. The van der Waals surface area contributed by atoms with Gasteiger partial charge in [-0.1, -0.05) is 13.8 Å². The third kappa shape index (κ3) is 6.53. The first-order valence-electron chi connectivity index (χ1n) is 10.5. The minimum atomic E-state index is -1.32. The lowest BCUT2D eigenvalue weighted by Crippen LogP contribution is -2.65. The number of methoxy groups -OCH3 is 1. The van der Waals surface area contributed by atoms with Crippen molar-refractivity contribution in [2.45, 2.75) is 81.5 Å². The first-order chi connectivity index (χ1) is 13.8. The number of thioether (sulfide) groups is 1. The maximum atomic E-state index is 13.0. The summed E-state index contributed by atoms with van der Waals surface area (Å²) in [5, 5.41) is 37.2.